The maximum Gasteiger partial charge on any atom is 0.347 e. The van der Waals surface area contributed by atoms with Crippen molar-refractivity contribution in [3.05, 3.63) is 0 Å². The predicted molar refractivity (Wildman–Crippen MR) is 34.2 cm³/mol. The Labute approximate surface area is 68.2 Å². The molecule has 0 N–H and O–H groups in total. The molecular weight excluding hydrogens is 248 g/mol. The van der Waals surface area contributed by atoms with Gasteiger partial charge in [0.1, 0.15) is 0 Å². The van der Waals surface area contributed by atoms with Crippen LogP contribution in [0.3, 0.4) is 0 Å². The molecule has 0 amide bonds. The largest absolute Gasteiger partial charge is 0.347 e. The summed E-state index contributed by atoms with van der Waals surface area (Å²) in [7, 11) is 0. The summed E-state index contributed by atoms with van der Waals surface area (Å²) in [6, 6.07) is 0. The Balaban J connectivity index is 4.02. The van der Waals surface area contributed by atoms with Crippen molar-refractivity contribution in [3.63, 3.8) is 0 Å². The van der Waals surface area contributed by atoms with Gasteiger partial charge in [0.25, 0.3) is 3.79 Å². The summed E-state index contributed by atoms with van der Waals surface area (Å²) in [5, 5.41) is 0. The number of alkyl halides is 6. The molecule has 6 heteroatoms. The van der Waals surface area contributed by atoms with Crippen LogP contribution < -0.4 is 0 Å². The van der Waals surface area contributed by atoms with E-state index in [1.807, 2.05) is 15.9 Å². The van der Waals surface area contributed by atoms with Crippen molar-refractivity contribution in [2.24, 2.45) is 0 Å². The third-order valence-electron chi connectivity index (χ3n) is 0.321. The fourth-order valence-corrected chi connectivity index (χ4v) is 0. The summed E-state index contributed by atoms with van der Waals surface area (Å²) in [6.07, 6.45) is 0. The highest BCUT2D eigenvalue weighted by molar-refractivity contribution is 9.10. The van der Waals surface area contributed by atoms with Crippen LogP contribution in [0.25, 0.3) is 0 Å². The molecule has 0 aliphatic heterocycles. The van der Waals surface area contributed by atoms with E-state index in [1.54, 1.807) is 0 Å². The van der Waals surface area contributed by atoms with Crippen LogP contribution in [0.5, 0.6) is 0 Å². The van der Waals surface area contributed by atoms with Gasteiger partial charge < -0.3 is 0 Å². The Morgan fingerprint density at radius 3 is 1.25 bits per heavy atom. The molecular formula is C2BrCl3F2. The van der Waals surface area contributed by atoms with E-state index in [0.29, 0.717) is 0 Å². The van der Waals surface area contributed by atoms with E-state index >= 15 is 0 Å². The molecule has 0 aliphatic carbocycles. The summed E-state index contributed by atoms with van der Waals surface area (Å²) in [5.74, 6) is 0. The Morgan fingerprint density at radius 1 is 1.12 bits per heavy atom. The van der Waals surface area contributed by atoms with Crippen LogP contribution >= 0.6 is 50.7 Å². The maximum atomic E-state index is 11.8. The predicted octanol–water partition coefficient (Wildman–Crippen LogP) is 3.34. The zero-order chi connectivity index (χ0) is 7.00. The Morgan fingerprint density at radius 2 is 1.25 bits per heavy atom. The van der Waals surface area contributed by atoms with Crippen LogP contribution in [0.2, 0.25) is 0 Å². The highest BCUT2D eigenvalue weighted by Crippen LogP contribution is 2.46. The molecule has 50 valence electrons. The monoisotopic (exact) mass is 246 g/mol. The van der Waals surface area contributed by atoms with Gasteiger partial charge in [0.15, 0.2) is 0 Å². The van der Waals surface area contributed by atoms with Crippen LogP contribution in [0.15, 0.2) is 0 Å². The molecule has 0 rings (SSSR count). The average Bonchev–Trinajstić information content (AvgIpc) is 1.25. The Kier molecular flexibility index (Phi) is 2.82. The first kappa shape index (κ1) is 9.21. The maximum absolute atomic E-state index is 11.8. The van der Waals surface area contributed by atoms with Gasteiger partial charge in [0, 0.05) is 0 Å². The van der Waals surface area contributed by atoms with Crippen LogP contribution in [-0.4, -0.2) is 8.62 Å². The highest BCUT2D eigenvalue weighted by atomic mass is 79.9. The summed E-state index contributed by atoms with van der Waals surface area (Å²) in [6.45, 7) is 0. The molecule has 0 aromatic carbocycles. The zero-order valence-electron chi connectivity index (χ0n) is 3.27. The molecule has 0 aliphatic rings. The van der Waals surface area contributed by atoms with Crippen LogP contribution in [-0.2, 0) is 0 Å². The minimum atomic E-state index is -3.45. The lowest BCUT2D eigenvalue weighted by molar-refractivity contribution is 0.119. The van der Waals surface area contributed by atoms with Gasteiger partial charge in [-0.05, 0) is 15.9 Å². The first-order chi connectivity index (χ1) is 3.25. The van der Waals surface area contributed by atoms with Crippen LogP contribution in [0, 0.1) is 0 Å². The van der Waals surface area contributed by atoms with Gasteiger partial charge in [-0.3, -0.25) is 0 Å². The first-order valence-corrected chi connectivity index (χ1v) is 3.31. The van der Waals surface area contributed by atoms with Crippen molar-refractivity contribution in [3.8, 4) is 0 Å². The molecule has 0 atom stereocenters. The second kappa shape index (κ2) is 2.45. The Bertz CT molecular complexity index is 70.3. The highest BCUT2D eigenvalue weighted by Gasteiger charge is 2.48. The van der Waals surface area contributed by atoms with Crippen molar-refractivity contribution in [2.75, 3.05) is 0 Å². The minimum absolute atomic E-state index is 1.87. The summed E-state index contributed by atoms with van der Waals surface area (Å²) in [5.41, 5.74) is 0. The van der Waals surface area contributed by atoms with E-state index in [2.05, 4.69) is 0 Å². The molecule has 0 spiro atoms. The molecule has 0 heterocycles. The van der Waals surface area contributed by atoms with E-state index in [4.69, 9.17) is 34.8 Å². The Hall–Kier alpha value is 1.21. The number of hydrogen-bond acceptors (Lipinski definition) is 0. The lowest BCUT2D eigenvalue weighted by Crippen LogP contribution is -2.25. The number of hydrogen-bond donors (Lipinski definition) is 0. The van der Waals surface area contributed by atoms with Gasteiger partial charge in [0.2, 0.25) is 0 Å². The second-order valence-corrected chi connectivity index (χ2v) is 4.27. The standard InChI is InChI=1S/C2BrCl3F2/c3-1(7,8)2(4,5)6. The van der Waals surface area contributed by atoms with Crippen molar-refractivity contribution < 1.29 is 8.78 Å². The molecule has 0 bridgehead atoms. The molecule has 8 heavy (non-hydrogen) atoms. The van der Waals surface area contributed by atoms with Crippen molar-refractivity contribution in [1.29, 1.82) is 0 Å². The molecule has 0 unspecified atom stereocenters. The third-order valence-corrected chi connectivity index (χ3v) is 2.31. The van der Waals surface area contributed by atoms with E-state index in [9.17, 15) is 8.78 Å². The molecule has 0 saturated carbocycles. The summed E-state index contributed by atoms with van der Waals surface area (Å²) >= 11 is 16.1. The van der Waals surface area contributed by atoms with Crippen molar-refractivity contribution in [1.82, 2.24) is 0 Å². The van der Waals surface area contributed by atoms with Gasteiger partial charge >= 0.3 is 4.83 Å². The lowest BCUT2D eigenvalue weighted by atomic mass is 10.8. The van der Waals surface area contributed by atoms with Crippen LogP contribution in [0.1, 0.15) is 0 Å². The third kappa shape index (κ3) is 2.67. The average molecular weight is 248 g/mol. The van der Waals surface area contributed by atoms with Gasteiger partial charge in [-0.25, -0.2) is 0 Å². The SMILES string of the molecule is FC(F)(Br)C(Cl)(Cl)Cl. The topological polar surface area (TPSA) is 0 Å². The molecule has 0 radical (unpaired) electrons. The van der Waals surface area contributed by atoms with Crippen molar-refractivity contribution in [2.45, 2.75) is 8.62 Å². The lowest BCUT2D eigenvalue weighted by Gasteiger charge is -2.16. The quantitative estimate of drug-likeness (QED) is 0.577. The van der Waals surface area contributed by atoms with Gasteiger partial charge in [-0.1, -0.05) is 34.8 Å². The van der Waals surface area contributed by atoms with E-state index in [1.165, 1.54) is 0 Å². The van der Waals surface area contributed by atoms with E-state index in [-0.39, 0.29) is 0 Å². The smallest absolute Gasteiger partial charge is 0.189 e. The zero-order valence-corrected chi connectivity index (χ0v) is 7.12. The molecule has 0 aromatic rings. The van der Waals surface area contributed by atoms with Crippen LogP contribution in [0.4, 0.5) is 8.78 Å². The van der Waals surface area contributed by atoms with E-state index in [0.717, 1.165) is 0 Å². The minimum Gasteiger partial charge on any atom is -0.189 e. The van der Waals surface area contributed by atoms with Gasteiger partial charge in [-0.2, -0.15) is 8.78 Å². The fourth-order valence-electron chi connectivity index (χ4n) is 0. The normalized spacial score (nSPS) is 14.2. The second-order valence-electron chi connectivity index (χ2n) is 0.996. The summed E-state index contributed by atoms with van der Waals surface area (Å²) in [4.78, 5) is -3.45. The molecule has 0 nitrogen and oxygen atoms in total. The molecule has 0 fully saturated rings. The molecule has 0 saturated heterocycles. The summed E-state index contributed by atoms with van der Waals surface area (Å²) < 4.78 is 20.9. The number of rotatable bonds is 0. The molecule has 0 aromatic heterocycles. The first-order valence-electron chi connectivity index (χ1n) is 1.38. The van der Waals surface area contributed by atoms with Crippen molar-refractivity contribution >= 4 is 50.7 Å². The van der Waals surface area contributed by atoms with Gasteiger partial charge in [0.05, 0.1) is 0 Å². The fraction of sp³-hybridized carbons (Fsp3) is 1.00. The van der Waals surface area contributed by atoms with E-state index < -0.39 is 8.62 Å². The van der Waals surface area contributed by atoms with Gasteiger partial charge in [-0.15, -0.1) is 0 Å². The number of halogens is 6.